The SMILES string of the molecule is CC1CNCC(C(=O)N2CCCOC(C)C2)C1. The van der Waals surface area contributed by atoms with E-state index in [0.717, 1.165) is 45.6 Å². The van der Waals surface area contributed by atoms with Crippen molar-refractivity contribution >= 4 is 5.91 Å². The number of amides is 1. The van der Waals surface area contributed by atoms with Crippen LogP contribution in [0.1, 0.15) is 26.7 Å². The zero-order valence-corrected chi connectivity index (χ0v) is 10.9. The molecule has 0 aromatic heterocycles. The standard InChI is InChI=1S/C13H24N2O2/c1-10-6-12(8-14-7-10)13(16)15-4-3-5-17-11(2)9-15/h10-12,14H,3-9H2,1-2H3. The molecule has 2 aliphatic rings. The van der Waals surface area contributed by atoms with Crippen LogP contribution < -0.4 is 5.32 Å². The molecule has 2 rings (SSSR count). The minimum absolute atomic E-state index is 0.170. The van der Waals surface area contributed by atoms with Crippen LogP contribution in [0.2, 0.25) is 0 Å². The predicted molar refractivity (Wildman–Crippen MR) is 66.8 cm³/mol. The second-order valence-corrected chi connectivity index (χ2v) is 5.52. The van der Waals surface area contributed by atoms with Gasteiger partial charge in [0.05, 0.1) is 12.0 Å². The normalized spacial score (nSPS) is 35.4. The maximum absolute atomic E-state index is 12.4. The van der Waals surface area contributed by atoms with Crippen molar-refractivity contribution in [2.75, 3.05) is 32.8 Å². The van der Waals surface area contributed by atoms with Crippen molar-refractivity contribution in [3.05, 3.63) is 0 Å². The molecular weight excluding hydrogens is 216 g/mol. The molecule has 0 spiro atoms. The third-order valence-corrected chi connectivity index (χ3v) is 3.68. The minimum atomic E-state index is 0.170. The van der Waals surface area contributed by atoms with Gasteiger partial charge < -0.3 is 15.0 Å². The molecule has 2 saturated heterocycles. The van der Waals surface area contributed by atoms with Gasteiger partial charge in [-0.25, -0.2) is 0 Å². The average Bonchev–Trinajstić information content (AvgIpc) is 2.53. The molecule has 0 aromatic rings. The quantitative estimate of drug-likeness (QED) is 0.739. The van der Waals surface area contributed by atoms with E-state index in [0.29, 0.717) is 11.8 Å². The van der Waals surface area contributed by atoms with Crippen LogP contribution in [0.3, 0.4) is 0 Å². The van der Waals surface area contributed by atoms with Crippen molar-refractivity contribution in [1.29, 1.82) is 0 Å². The fourth-order valence-electron chi connectivity index (χ4n) is 2.80. The van der Waals surface area contributed by atoms with Gasteiger partial charge >= 0.3 is 0 Å². The Labute approximate surface area is 104 Å². The molecule has 0 radical (unpaired) electrons. The Morgan fingerprint density at radius 3 is 2.94 bits per heavy atom. The van der Waals surface area contributed by atoms with E-state index in [2.05, 4.69) is 12.2 Å². The Bertz CT molecular complexity index is 270. The predicted octanol–water partition coefficient (Wildman–Crippen LogP) is 0.869. The Morgan fingerprint density at radius 1 is 1.35 bits per heavy atom. The van der Waals surface area contributed by atoms with Gasteiger partial charge in [0, 0.05) is 26.2 Å². The molecule has 0 aliphatic carbocycles. The molecule has 0 saturated carbocycles. The van der Waals surface area contributed by atoms with Gasteiger partial charge in [0.1, 0.15) is 0 Å². The van der Waals surface area contributed by atoms with Gasteiger partial charge in [-0.15, -0.1) is 0 Å². The highest BCUT2D eigenvalue weighted by atomic mass is 16.5. The van der Waals surface area contributed by atoms with E-state index >= 15 is 0 Å². The van der Waals surface area contributed by atoms with Crippen LogP contribution >= 0.6 is 0 Å². The number of piperidine rings is 1. The average molecular weight is 240 g/mol. The van der Waals surface area contributed by atoms with Gasteiger partial charge in [-0.1, -0.05) is 6.92 Å². The first-order valence-corrected chi connectivity index (χ1v) is 6.78. The van der Waals surface area contributed by atoms with Crippen molar-refractivity contribution in [2.24, 2.45) is 11.8 Å². The molecule has 1 amide bonds. The van der Waals surface area contributed by atoms with Crippen LogP contribution in [-0.4, -0.2) is 49.7 Å². The maximum Gasteiger partial charge on any atom is 0.227 e. The van der Waals surface area contributed by atoms with Gasteiger partial charge in [0.25, 0.3) is 0 Å². The van der Waals surface area contributed by atoms with E-state index in [9.17, 15) is 4.79 Å². The van der Waals surface area contributed by atoms with Crippen LogP contribution in [-0.2, 0) is 9.53 Å². The number of hydrogen-bond donors (Lipinski definition) is 1. The number of ether oxygens (including phenoxy) is 1. The lowest BCUT2D eigenvalue weighted by molar-refractivity contribution is -0.137. The summed E-state index contributed by atoms with van der Waals surface area (Å²) in [7, 11) is 0. The monoisotopic (exact) mass is 240 g/mol. The molecule has 1 N–H and O–H groups in total. The first-order chi connectivity index (χ1) is 8.16. The fraction of sp³-hybridized carbons (Fsp3) is 0.923. The van der Waals surface area contributed by atoms with E-state index < -0.39 is 0 Å². The summed E-state index contributed by atoms with van der Waals surface area (Å²) in [6.45, 7) is 8.54. The van der Waals surface area contributed by atoms with Crippen molar-refractivity contribution in [3.63, 3.8) is 0 Å². The molecule has 2 heterocycles. The number of nitrogens with one attached hydrogen (secondary N) is 1. The summed E-state index contributed by atoms with van der Waals surface area (Å²) < 4.78 is 5.58. The summed E-state index contributed by atoms with van der Waals surface area (Å²) >= 11 is 0. The van der Waals surface area contributed by atoms with Crippen LogP contribution in [0.25, 0.3) is 0 Å². The van der Waals surface area contributed by atoms with Crippen molar-refractivity contribution in [2.45, 2.75) is 32.8 Å². The molecule has 17 heavy (non-hydrogen) atoms. The molecule has 2 fully saturated rings. The second-order valence-electron chi connectivity index (χ2n) is 5.52. The van der Waals surface area contributed by atoms with Crippen LogP contribution in [0.4, 0.5) is 0 Å². The Hall–Kier alpha value is -0.610. The third-order valence-electron chi connectivity index (χ3n) is 3.68. The maximum atomic E-state index is 12.4. The van der Waals surface area contributed by atoms with Crippen molar-refractivity contribution < 1.29 is 9.53 Å². The summed E-state index contributed by atoms with van der Waals surface area (Å²) in [5, 5.41) is 3.35. The Morgan fingerprint density at radius 2 is 2.18 bits per heavy atom. The van der Waals surface area contributed by atoms with Gasteiger partial charge in [-0.2, -0.15) is 0 Å². The lowest BCUT2D eigenvalue weighted by atomic mass is 9.90. The highest BCUT2D eigenvalue weighted by molar-refractivity contribution is 5.79. The topological polar surface area (TPSA) is 41.6 Å². The highest BCUT2D eigenvalue weighted by Crippen LogP contribution is 2.19. The van der Waals surface area contributed by atoms with Gasteiger partial charge in [0.15, 0.2) is 0 Å². The summed E-state index contributed by atoms with van der Waals surface area (Å²) in [6.07, 6.45) is 2.17. The van der Waals surface area contributed by atoms with E-state index in [1.165, 1.54) is 0 Å². The number of carbonyl (C=O) groups is 1. The molecule has 4 heteroatoms. The first-order valence-electron chi connectivity index (χ1n) is 6.78. The van der Waals surface area contributed by atoms with Crippen LogP contribution in [0.5, 0.6) is 0 Å². The molecule has 98 valence electrons. The van der Waals surface area contributed by atoms with E-state index in [1.807, 2.05) is 11.8 Å². The van der Waals surface area contributed by atoms with E-state index in [1.54, 1.807) is 0 Å². The molecule has 3 unspecified atom stereocenters. The fourth-order valence-corrected chi connectivity index (χ4v) is 2.80. The third kappa shape index (κ3) is 3.42. The zero-order chi connectivity index (χ0) is 12.3. The summed E-state index contributed by atoms with van der Waals surface area (Å²) in [5.74, 6) is 1.10. The first kappa shape index (κ1) is 12.8. The van der Waals surface area contributed by atoms with Crippen LogP contribution in [0, 0.1) is 11.8 Å². The summed E-state index contributed by atoms with van der Waals surface area (Å²) in [4.78, 5) is 14.4. The number of nitrogens with zero attached hydrogens (tertiary/aromatic N) is 1. The molecule has 4 nitrogen and oxygen atoms in total. The lowest BCUT2D eigenvalue weighted by Gasteiger charge is -2.32. The van der Waals surface area contributed by atoms with Gasteiger partial charge in [0.2, 0.25) is 5.91 Å². The molecule has 0 bridgehead atoms. The Balaban J connectivity index is 1.93. The smallest absolute Gasteiger partial charge is 0.227 e. The number of carbonyl (C=O) groups excluding carboxylic acids is 1. The largest absolute Gasteiger partial charge is 0.377 e. The van der Waals surface area contributed by atoms with Crippen LogP contribution in [0.15, 0.2) is 0 Å². The minimum Gasteiger partial charge on any atom is -0.377 e. The van der Waals surface area contributed by atoms with E-state index in [-0.39, 0.29) is 12.0 Å². The number of rotatable bonds is 1. The van der Waals surface area contributed by atoms with E-state index in [4.69, 9.17) is 4.74 Å². The Kier molecular flexibility index (Phi) is 4.40. The van der Waals surface area contributed by atoms with Crippen molar-refractivity contribution in [1.82, 2.24) is 10.2 Å². The molecular formula is C13H24N2O2. The summed E-state index contributed by atoms with van der Waals surface area (Å²) in [6, 6.07) is 0. The summed E-state index contributed by atoms with van der Waals surface area (Å²) in [5.41, 5.74) is 0. The lowest BCUT2D eigenvalue weighted by Crippen LogP contribution is -2.46. The van der Waals surface area contributed by atoms with Crippen molar-refractivity contribution in [3.8, 4) is 0 Å². The molecule has 0 aromatic carbocycles. The van der Waals surface area contributed by atoms with Gasteiger partial charge in [-0.3, -0.25) is 4.79 Å². The molecule has 2 aliphatic heterocycles. The zero-order valence-electron chi connectivity index (χ0n) is 10.9. The highest BCUT2D eigenvalue weighted by Gasteiger charge is 2.29. The van der Waals surface area contributed by atoms with Gasteiger partial charge in [-0.05, 0) is 32.2 Å². The molecule has 3 atom stereocenters. The second kappa shape index (κ2) is 5.83. The number of hydrogen-bond acceptors (Lipinski definition) is 3.